The maximum absolute atomic E-state index is 9.67. The highest BCUT2D eigenvalue weighted by Crippen LogP contribution is 2.45. The summed E-state index contributed by atoms with van der Waals surface area (Å²) in [5.41, 5.74) is 2.53. The van der Waals surface area contributed by atoms with Crippen molar-refractivity contribution in [2.24, 2.45) is 5.92 Å². The van der Waals surface area contributed by atoms with Crippen molar-refractivity contribution in [2.45, 2.75) is 25.7 Å². The largest absolute Gasteiger partial charge is 0.497 e. The Bertz CT molecular complexity index is 828. The minimum Gasteiger partial charge on any atom is -0.497 e. The van der Waals surface area contributed by atoms with Crippen LogP contribution in [0.1, 0.15) is 42.5 Å². The van der Waals surface area contributed by atoms with Crippen molar-refractivity contribution in [2.75, 3.05) is 14.2 Å². The summed E-state index contributed by atoms with van der Waals surface area (Å²) in [6, 6.07) is 7.69. The average Bonchev–Trinajstić information content (AvgIpc) is 3.03. The first kappa shape index (κ1) is 16.8. The van der Waals surface area contributed by atoms with Crippen LogP contribution in [0.5, 0.6) is 17.4 Å². The molecule has 2 heterocycles. The second-order valence-corrected chi connectivity index (χ2v) is 6.21. The lowest BCUT2D eigenvalue weighted by atomic mass is 9.78. The quantitative estimate of drug-likeness (QED) is 0.889. The number of rotatable bonds is 4. The van der Waals surface area contributed by atoms with Crippen LogP contribution in [0.3, 0.4) is 0 Å². The van der Waals surface area contributed by atoms with Crippen molar-refractivity contribution in [1.29, 1.82) is 10.7 Å². The van der Waals surface area contributed by atoms with E-state index >= 15 is 0 Å². The van der Waals surface area contributed by atoms with E-state index in [2.05, 4.69) is 16.3 Å². The van der Waals surface area contributed by atoms with E-state index in [4.69, 9.17) is 19.6 Å². The van der Waals surface area contributed by atoms with Crippen LogP contribution in [-0.4, -0.2) is 30.3 Å². The first-order valence-electron chi connectivity index (χ1n) is 7.97. The highest BCUT2D eigenvalue weighted by atomic mass is 16.5. The van der Waals surface area contributed by atoms with E-state index < -0.39 is 5.92 Å². The van der Waals surface area contributed by atoms with Gasteiger partial charge < -0.3 is 14.2 Å². The molecule has 0 aliphatic carbocycles. The number of methoxy groups -OCH3 is 2. The summed E-state index contributed by atoms with van der Waals surface area (Å²) in [5, 5.41) is 25.0. The van der Waals surface area contributed by atoms with Crippen LogP contribution >= 0.6 is 0 Å². The van der Waals surface area contributed by atoms with Crippen molar-refractivity contribution in [3.05, 3.63) is 35.0 Å². The molecule has 0 amide bonds. The zero-order chi connectivity index (χ0) is 18.1. The standard InChI is InChI=1S/C18H20N4O3/c1-9(2)16-15-14(10-5-11(23-3)7-12(6-10)24-4)13(8-19)17(20)25-18(15)22-21-16/h5-7,9,13-14,20H,1-4H3,(H,21,22). The molecule has 1 aliphatic heterocycles. The van der Waals surface area contributed by atoms with Crippen LogP contribution < -0.4 is 14.2 Å². The number of nitrogens with zero attached hydrogens (tertiary/aromatic N) is 2. The lowest BCUT2D eigenvalue weighted by molar-refractivity contribution is 0.390. The van der Waals surface area contributed by atoms with Gasteiger partial charge in [0.05, 0.1) is 20.3 Å². The fourth-order valence-electron chi connectivity index (χ4n) is 3.15. The molecule has 0 spiro atoms. The van der Waals surface area contributed by atoms with Gasteiger partial charge in [0.25, 0.3) is 0 Å². The Hall–Kier alpha value is -3.01. The Morgan fingerprint density at radius 3 is 2.40 bits per heavy atom. The van der Waals surface area contributed by atoms with E-state index in [1.165, 1.54) is 0 Å². The van der Waals surface area contributed by atoms with Crippen molar-refractivity contribution in [1.82, 2.24) is 10.2 Å². The first-order valence-corrected chi connectivity index (χ1v) is 7.97. The van der Waals surface area contributed by atoms with Crippen molar-refractivity contribution in [3.8, 4) is 23.4 Å². The lowest BCUT2D eigenvalue weighted by Gasteiger charge is -2.29. The smallest absolute Gasteiger partial charge is 0.243 e. The van der Waals surface area contributed by atoms with Crippen molar-refractivity contribution < 1.29 is 14.2 Å². The SMILES string of the molecule is COc1cc(OC)cc(C2c3c(n[nH]c3C(C)C)OC(=N)C2C#N)c1. The van der Waals surface area contributed by atoms with E-state index in [9.17, 15) is 5.26 Å². The predicted molar refractivity (Wildman–Crippen MR) is 91.5 cm³/mol. The lowest BCUT2D eigenvalue weighted by Crippen LogP contribution is -2.31. The number of fused-ring (bicyclic) bond motifs is 1. The van der Waals surface area contributed by atoms with Crippen molar-refractivity contribution >= 4 is 5.90 Å². The molecule has 1 aromatic carbocycles. The molecule has 3 rings (SSSR count). The van der Waals surface area contributed by atoms with Crippen LogP contribution in [0, 0.1) is 22.7 Å². The molecule has 0 bridgehead atoms. The zero-order valence-corrected chi connectivity index (χ0v) is 14.6. The number of hydrogen-bond donors (Lipinski definition) is 2. The van der Waals surface area contributed by atoms with Gasteiger partial charge in [0.1, 0.15) is 17.4 Å². The molecule has 2 atom stereocenters. The van der Waals surface area contributed by atoms with E-state index in [-0.39, 0.29) is 17.7 Å². The number of nitriles is 1. The molecule has 7 nitrogen and oxygen atoms in total. The Morgan fingerprint density at radius 2 is 1.88 bits per heavy atom. The number of aromatic nitrogens is 2. The minimum absolute atomic E-state index is 0.108. The number of ether oxygens (including phenoxy) is 3. The predicted octanol–water partition coefficient (Wildman–Crippen LogP) is 3.19. The summed E-state index contributed by atoms with van der Waals surface area (Å²) in [6.07, 6.45) is 0. The van der Waals surface area contributed by atoms with Crippen LogP contribution in [0.2, 0.25) is 0 Å². The molecular formula is C18H20N4O3. The summed E-state index contributed by atoms with van der Waals surface area (Å²) in [6.45, 7) is 4.08. The molecule has 7 heteroatoms. The third-order valence-corrected chi connectivity index (χ3v) is 4.38. The van der Waals surface area contributed by atoms with Crippen LogP contribution in [0.25, 0.3) is 0 Å². The maximum Gasteiger partial charge on any atom is 0.243 e. The molecule has 0 saturated carbocycles. The highest BCUT2D eigenvalue weighted by Gasteiger charge is 2.41. The zero-order valence-electron chi connectivity index (χ0n) is 14.6. The summed E-state index contributed by atoms with van der Waals surface area (Å²) >= 11 is 0. The number of hydrogen-bond acceptors (Lipinski definition) is 6. The summed E-state index contributed by atoms with van der Waals surface area (Å²) in [5.74, 6) is 0.526. The van der Waals surface area contributed by atoms with E-state index in [0.29, 0.717) is 17.4 Å². The molecule has 2 unspecified atom stereocenters. The Kier molecular flexibility index (Phi) is 4.36. The number of aromatic amines is 1. The Balaban J connectivity index is 2.24. The molecule has 1 aromatic heterocycles. The van der Waals surface area contributed by atoms with Gasteiger partial charge in [-0.3, -0.25) is 10.5 Å². The van der Waals surface area contributed by atoms with Crippen LogP contribution in [-0.2, 0) is 0 Å². The number of H-pyrrole nitrogens is 1. The van der Waals surface area contributed by atoms with Gasteiger partial charge in [-0.25, -0.2) is 0 Å². The number of nitrogens with one attached hydrogen (secondary N) is 2. The molecule has 130 valence electrons. The minimum atomic E-state index is -0.751. The molecule has 2 aromatic rings. The van der Waals surface area contributed by atoms with Gasteiger partial charge in [0.15, 0.2) is 0 Å². The first-order chi connectivity index (χ1) is 12.0. The van der Waals surface area contributed by atoms with Gasteiger partial charge in [-0.15, -0.1) is 5.10 Å². The third-order valence-electron chi connectivity index (χ3n) is 4.38. The second-order valence-electron chi connectivity index (χ2n) is 6.21. The molecule has 0 saturated heterocycles. The van der Waals surface area contributed by atoms with Crippen molar-refractivity contribution in [3.63, 3.8) is 0 Å². The second kappa shape index (κ2) is 6.48. The summed E-state index contributed by atoms with van der Waals surface area (Å²) < 4.78 is 16.2. The fourth-order valence-corrected chi connectivity index (χ4v) is 3.15. The van der Waals surface area contributed by atoms with E-state index in [1.807, 2.05) is 26.0 Å². The van der Waals surface area contributed by atoms with Gasteiger partial charge >= 0.3 is 0 Å². The topological polar surface area (TPSA) is 104 Å². The molecule has 2 N–H and O–H groups in total. The fraction of sp³-hybridized carbons (Fsp3) is 0.389. The Morgan fingerprint density at radius 1 is 1.24 bits per heavy atom. The third kappa shape index (κ3) is 2.80. The molecule has 1 aliphatic rings. The normalized spacial score (nSPS) is 19.1. The molecule has 0 radical (unpaired) electrons. The average molecular weight is 340 g/mol. The maximum atomic E-state index is 9.67. The van der Waals surface area contributed by atoms with Gasteiger partial charge in [0.2, 0.25) is 11.8 Å². The van der Waals surface area contributed by atoms with Crippen LogP contribution in [0.15, 0.2) is 18.2 Å². The number of benzene rings is 1. The van der Waals surface area contributed by atoms with Gasteiger partial charge in [0, 0.05) is 23.2 Å². The molecule has 25 heavy (non-hydrogen) atoms. The van der Waals surface area contributed by atoms with Gasteiger partial charge in [-0.2, -0.15) is 5.26 Å². The van der Waals surface area contributed by atoms with E-state index in [0.717, 1.165) is 16.8 Å². The summed E-state index contributed by atoms with van der Waals surface area (Å²) in [7, 11) is 3.16. The molecular weight excluding hydrogens is 320 g/mol. The monoisotopic (exact) mass is 340 g/mol. The molecule has 0 fully saturated rings. The highest BCUT2D eigenvalue weighted by molar-refractivity contribution is 5.85. The van der Waals surface area contributed by atoms with Gasteiger partial charge in [-0.05, 0) is 23.6 Å². The van der Waals surface area contributed by atoms with Gasteiger partial charge in [-0.1, -0.05) is 13.8 Å². The van der Waals surface area contributed by atoms with Crippen LogP contribution in [0.4, 0.5) is 0 Å². The summed E-state index contributed by atoms with van der Waals surface area (Å²) in [4.78, 5) is 0. The van der Waals surface area contributed by atoms with E-state index in [1.54, 1.807) is 20.3 Å². The Labute approximate surface area is 146 Å².